The van der Waals surface area contributed by atoms with Crippen molar-refractivity contribution in [2.75, 3.05) is 19.0 Å². The van der Waals surface area contributed by atoms with Crippen LogP contribution in [-0.2, 0) is 0 Å². The normalized spacial score (nSPS) is 10.6. The van der Waals surface area contributed by atoms with Crippen molar-refractivity contribution in [3.63, 3.8) is 0 Å². The van der Waals surface area contributed by atoms with Gasteiger partial charge in [0, 0.05) is 17.2 Å². The van der Waals surface area contributed by atoms with Crippen molar-refractivity contribution in [1.82, 2.24) is 5.32 Å². The summed E-state index contributed by atoms with van der Waals surface area (Å²) in [5.74, 6) is 0.0371. The molecule has 2 N–H and O–H groups in total. The summed E-state index contributed by atoms with van der Waals surface area (Å²) in [6.45, 7) is 6.17. The Morgan fingerprint density at radius 3 is 2.38 bits per heavy atom. The van der Waals surface area contributed by atoms with Gasteiger partial charge >= 0.3 is 0 Å². The van der Waals surface area contributed by atoms with E-state index in [0.29, 0.717) is 34.4 Å². The molecule has 2 amide bonds. The van der Waals surface area contributed by atoms with Crippen molar-refractivity contribution >= 4 is 40.7 Å². The smallest absolute Gasteiger partial charge is 0.255 e. The number of hydrogen-bond donors (Lipinski definition) is 2. The van der Waals surface area contributed by atoms with Crippen LogP contribution < -0.4 is 20.1 Å². The summed E-state index contributed by atoms with van der Waals surface area (Å²) >= 11 is 12.5. The molecule has 0 spiro atoms. The second-order valence-corrected chi connectivity index (χ2v) is 7.43. The van der Waals surface area contributed by atoms with E-state index in [0.717, 1.165) is 6.42 Å². The summed E-state index contributed by atoms with van der Waals surface area (Å²) in [6.07, 6.45) is 0.806. The van der Waals surface area contributed by atoms with Gasteiger partial charge in [0.2, 0.25) is 0 Å². The molecule has 0 fully saturated rings. The van der Waals surface area contributed by atoms with Crippen LogP contribution in [-0.4, -0.2) is 31.6 Å². The fourth-order valence-electron chi connectivity index (χ4n) is 2.50. The molecule has 0 saturated carbocycles. The van der Waals surface area contributed by atoms with Crippen LogP contribution in [0.4, 0.5) is 5.69 Å². The second-order valence-electron chi connectivity index (χ2n) is 6.61. The van der Waals surface area contributed by atoms with Gasteiger partial charge in [0.25, 0.3) is 11.8 Å². The molecule has 0 heterocycles. The van der Waals surface area contributed by atoms with Gasteiger partial charge in [-0.05, 0) is 50.6 Å². The van der Waals surface area contributed by atoms with Gasteiger partial charge in [0.15, 0.2) is 11.5 Å². The number of carbonyl (C=O) groups excluding carboxylic acids is 2. The van der Waals surface area contributed by atoms with Crippen LogP contribution in [0.2, 0.25) is 10.0 Å². The highest BCUT2D eigenvalue weighted by Crippen LogP contribution is 2.37. The van der Waals surface area contributed by atoms with E-state index >= 15 is 0 Å². The van der Waals surface area contributed by atoms with Crippen molar-refractivity contribution in [2.24, 2.45) is 0 Å². The maximum absolute atomic E-state index is 12.7. The molecule has 6 nitrogen and oxygen atoms in total. The molecule has 0 aliphatic carbocycles. The van der Waals surface area contributed by atoms with E-state index in [2.05, 4.69) is 10.6 Å². The quantitative estimate of drug-likeness (QED) is 0.594. The molecule has 0 bridgehead atoms. The zero-order chi connectivity index (χ0) is 21.6. The van der Waals surface area contributed by atoms with E-state index in [9.17, 15) is 9.59 Å². The summed E-state index contributed by atoms with van der Waals surface area (Å²) in [4.78, 5) is 25.0. The molecule has 0 saturated heterocycles. The number of amides is 2. The van der Waals surface area contributed by atoms with Gasteiger partial charge in [-0.15, -0.1) is 0 Å². The van der Waals surface area contributed by atoms with E-state index in [1.165, 1.54) is 25.3 Å². The zero-order valence-corrected chi connectivity index (χ0v) is 18.3. The minimum absolute atomic E-state index is 0.0146. The van der Waals surface area contributed by atoms with Crippen LogP contribution in [0.25, 0.3) is 0 Å². The molecule has 2 rings (SSSR count). The molecule has 2 aromatic carbocycles. The molecular formula is C21H24Cl2N2O4. The third-order valence-corrected chi connectivity index (χ3v) is 4.45. The molecule has 0 unspecified atom stereocenters. The van der Waals surface area contributed by atoms with E-state index in [4.69, 9.17) is 32.7 Å². The Labute approximate surface area is 180 Å². The molecule has 2 aromatic rings. The number of rotatable bonds is 8. The second kappa shape index (κ2) is 10.4. The summed E-state index contributed by atoms with van der Waals surface area (Å²) in [5, 5.41) is 6.07. The van der Waals surface area contributed by atoms with E-state index < -0.39 is 5.91 Å². The summed E-state index contributed by atoms with van der Waals surface area (Å²) in [5.41, 5.74) is 0.968. The molecule has 0 aromatic heterocycles. The Balaban J connectivity index is 2.28. The summed E-state index contributed by atoms with van der Waals surface area (Å²) in [7, 11) is 1.47. The zero-order valence-electron chi connectivity index (χ0n) is 16.8. The van der Waals surface area contributed by atoms with Crippen molar-refractivity contribution < 1.29 is 19.1 Å². The Morgan fingerprint density at radius 2 is 1.76 bits per heavy atom. The number of hydrogen-bond acceptors (Lipinski definition) is 4. The number of methoxy groups -OCH3 is 1. The largest absolute Gasteiger partial charge is 0.493 e. The van der Waals surface area contributed by atoms with Crippen molar-refractivity contribution in [3.05, 3.63) is 51.5 Å². The lowest BCUT2D eigenvalue weighted by Gasteiger charge is -2.14. The highest BCUT2D eigenvalue weighted by molar-refractivity contribution is 6.34. The van der Waals surface area contributed by atoms with Crippen molar-refractivity contribution in [1.29, 1.82) is 0 Å². The molecule has 0 aliphatic rings. The van der Waals surface area contributed by atoms with Crippen LogP contribution in [0.1, 0.15) is 47.9 Å². The minimum Gasteiger partial charge on any atom is -0.493 e. The third-order valence-electron chi connectivity index (χ3n) is 3.84. The Bertz CT molecular complexity index is 900. The molecular weight excluding hydrogens is 415 g/mol. The van der Waals surface area contributed by atoms with Gasteiger partial charge in [0.1, 0.15) is 0 Å². The highest BCUT2D eigenvalue weighted by atomic mass is 35.5. The Hall–Kier alpha value is -2.44. The monoisotopic (exact) mass is 438 g/mol. The lowest BCUT2D eigenvalue weighted by molar-refractivity contribution is 0.0941. The van der Waals surface area contributed by atoms with Crippen LogP contribution in [0, 0.1) is 0 Å². The fourth-order valence-corrected chi connectivity index (χ4v) is 2.93. The first-order chi connectivity index (χ1) is 13.8. The Kier molecular flexibility index (Phi) is 8.17. The number of nitrogens with one attached hydrogen (secondary N) is 2. The average molecular weight is 439 g/mol. The van der Waals surface area contributed by atoms with Gasteiger partial charge in [-0.25, -0.2) is 0 Å². The lowest BCUT2D eigenvalue weighted by Crippen LogP contribution is -2.30. The van der Waals surface area contributed by atoms with Crippen LogP contribution in [0.15, 0.2) is 30.3 Å². The summed E-state index contributed by atoms with van der Waals surface area (Å²) < 4.78 is 10.9. The van der Waals surface area contributed by atoms with Gasteiger partial charge in [-0.2, -0.15) is 0 Å². The molecule has 0 radical (unpaired) electrons. The van der Waals surface area contributed by atoms with Crippen molar-refractivity contribution in [3.8, 4) is 11.5 Å². The van der Waals surface area contributed by atoms with Crippen LogP contribution >= 0.6 is 23.2 Å². The first kappa shape index (κ1) is 22.8. The van der Waals surface area contributed by atoms with Crippen LogP contribution in [0.3, 0.4) is 0 Å². The molecule has 0 aliphatic heterocycles. The molecule has 156 valence electrons. The number of carbonyl (C=O) groups is 2. The van der Waals surface area contributed by atoms with Gasteiger partial charge < -0.3 is 20.1 Å². The number of anilines is 1. The molecule has 29 heavy (non-hydrogen) atoms. The van der Waals surface area contributed by atoms with E-state index in [1.54, 1.807) is 12.1 Å². The number of ether oxygens (including phenoxy) is 2. The molecule has 8 heteroatoms. The average Bonchev–Trinajstić information content (AvgIpc) is 2.67. The summed E-state index contributed by atoms with van der Waals surface area (Å²) in [6, 6.07) is 7.69. The Morgan fingerprint density at radius 1 is 1.03 bits per heavy atom. The lowest BCUT2D eigenvalue weighted by atomic mass is 10.1. The van der Waals surface area contributed by atoms with Crippen LogP contribution in [0.5, 0.6) is 11.5 Å². The fraction of sp³-hybridized carbons (Fsp3) is 0.333. The standard InChI is InChI=1S/C21H24Cl2N2O4/c1-5-8-29-19-16(23)9-14(11-18(19)28-4)21(27)25-17-10-13(6-7-15(17)22)20(26)24-12(2)3/h6-7,9-12H,5,8H2,1-4H3,(H,24,26)(H,25,27). The van der Waals surface area contributed by atoms with Gasteiger partial charge in [-0.3, -0.25) is 9.59 Å². The minimum atomic E-state index is -0.449. The topological polar surface area (TPSA) is 76.7 Å². The van der Waals surface area contributed by atoms with E-state index in [1.807, 2.05) is 20.8 Å². The third kappa shape index (κ3) is 6.02. The first-order valence-electron chi connectivity index (χ1n) is 9.18. The predicted octanol–water partition coefficient (Wildman–Crippen LogP) is 5.18. The van der Waals surface area contributed by atoms with Crippen molar-refractivity contribution in [2.45, 2.75) is 33.2 Å². The highest BCUT2D eigenvalue weighted by Gasteiger charge is 2.18. The molecule has 0 atom stereocenters. The maximum atomic E-state index is 12.7. The predicted molar refractivity (Wildman–Crippen MR) is 116 cm³/mol. The number of halogens is 2. The van der Waals surface area contributed by atoms with Gasteiger partial charge in [-0.1, -0.05) is 30.1 Å². The SMILES string of the molecule is CCCOc1c(Cl)cc(C(=O)Nc2cc(C(=O)NC(C)C)ccc2Cl)cc1OC. The number of benzene rings is 2. The van der Waals surface area contributed by atoms with E-state index in [-0.39, 0.29) is 22.5 Å². The first-order valence-corrected chi connectivity index (χ1v) is 9.94. The maximum Gasteiger partial charge on any atom is 0.255 e. The van der Waals surface area contributed by atoms with Gasteiger partial charge in [0.05, 0.1) is 29.4 Å².